The zero-order chi connectivity index (χ0) is 17.0. The molecule has 4 nitrogen and oxygen atoms in total. The molecule has 2 rings (SSSR count). The van der Waals surface area contributed by atoms with Gasteiger partial charge < -0.3 is 10.1 Å². The molecule has 1 N–H and O–H groups in total. The van der Waals surface area contributed by atoms with Gasteiger partial charge >= 0.3 is 5.97 Å². The second-order valence-electron chi connectivity index (χ2n) is 6.94. The van der Waals surface area contributed by atoms with Crippen molar-refractivity contribution in [2.75, 3.05) is 5.75 Å². The number of amides is 1. The number of thioether (sulfide) groups is 1. The molecule has 1 aromatic carbocycles. The Kier molecular flexibility index (Phi) is 5.74. The monoisotopic (exact) mass is 335 g/mol. The van der Waals surface area contributed by atoms with Gasteiger partial charge in [-0.1, -0.05) is 6.07 Å². The summed E-state index contributed by atoms with van der Waals surface area (Å²) in [4.78, 5) is 24.9. The molecule has 0 heterocycles. The number of hydrogen-bond acceptors (Lipinski definition) is 4. The molecular weight excluding hydrogens is 310 g/mol. The fraction of sp³-hybridized carbons (Fsp3) is 0.556. The van der Waals surface area contributed by atoms with Gasteiger partial charge in [-0.05, 0) is 70.2 Å². The molecule has 0 aromatic heterocycles. The number of fused-ring (bicyclic) bond motifs is 1. The van der Waals surface area contributed by atoms with Crippen LogP contribution in [-0.4, -0.2) is 29.3 Å². The van der Waals surface area contributed by atoms with Crippen LogP contribution in [0.3, 0.4) is 0 Å². The summed E-state index contributed by atoms with van der Waals surface area (Å²) in [5, 5.41) is 2.80. The number of carbonyl (C=O) groups excluding carboxylic acids is 2. The number of rotatable bonds is 5. The van der Waals surface area contributed by atoms with Crippen molar-refractivity contribution in [1.29, 1.82) is 0 Å². The van der Waals surface area contributed by atoms with Crippen LogP contribution in [0.25, 0.3) is 0 Å². The maximum absolute atomic E-state index is 11.9. The summed E-state index contributed by atoms with van der Waals surface area (Å²) in [7, 11) is 0. The normalized spacial score (nSPS) is 15.0. The Hall–Kier alpha value is -1.49. The van der Waals surface area contributed by atoms with Gasteiger partial charge in [-0.2, -0.15) is 0 Å². The van der Waals surface area contributed by atoms with Crippen LogP contribution in [0, 0.1) is 0 Å². The molecule has 23 heavy (non-hydrogen) atoms. The molecule has 126 valence electrons. The summed E-state index contributed by atoms with van der Waals surface area (Å²) in [5.41, 5.74) is 2.47. The Morgan fingerprint density at radius 3 is 2.65 bits per heavy atom. The van der Waals surface area contributed by atoms with Gasteiger partial charge in [-0.25, -0.2) is 0 Å². The zero-order valence-electron chi connectivity index (χ0n) is 14.3. The first-order valence-corrected chi connectivity index (χ1v) is 8.99. The summed E-state index contributed by atoms with van der Waals surface area (Å²) < 4.78 is 5.20. The van der Waals surface area contributed by atoms with E-state index in [1.54, 1.807) is 6.92 Å². The summed E-state index contributed by atoms with van der Waals surface area (Å²) in [5.74, 6) is -0.424. The molecule has 0 bridgehead atoms. The first-order valence-electron chi connectivity index (χ1n) is 8.01. The Morgan fingerprint density at radius 1 is 1.26 bits per heavy atom. The van der Waals surface area contributed by atoms with Crippen molar-refractivity contribution in [3.05, 3.63) is 29.3 Å². The second kappa shape index (κ2) is 7.39. The predicted molar refractivity (Wildman–Crippen MR) is 92.6 cm³/mol. The number of hydrogen-bond donors (Lipinski definition) is 1. The third kappa shape index (κ3) is 5.57. The molecule has 0 aliphatic heterocycles. The lowest BCUT2D eigenvalue weighted by atomic mass is 10.1. The zero-order valence-corrected chi connectivity index (χ0v) is 15.1. The highest BCUT2D eigenvalue weighted by Crippen LogP contribution is 2.27. The van der Waals surface area contributed by atoms with E-state index in [-0.39, 0.29) is 23.2 Å². The van der Waals surface area contributed by atoms with Gasteiger partial charge in [0, 0.05) is 10.4 Å². The van der Waals surface area contributed by atoms with E-state index in [2.05, 4.69) is 23.5 Å². The van der Waals surface area contributed by atoms with Crippen LogP contribution in [-0.2, 0) is 27.2 Å². The van der Waals surface area contributed by atoms with E-state index >= 15 is 0 Å². The van der Waals surface area contributed by atoms with E-state index in [1.807, 2.05) is 20.8 Å². The summed E-state index contributed by atoms with van der Waals surface area (Å²) in [6.45, 7) is 7.27. The SMILES string of the molecule is C[C@@H](OC(=O)CSc1ccc2c(c1)CCC2)C(=O)NC(C)(C)C. The molecule has 1 atom stereocenters. The van der Waals surface area contributed by atoms with Gasteiger partial charge in [0.2, 0.25) is 0 Å². The highest BCUT2D eigenvalue weighted by atomic mass is 32.2. The second-order valence-corrected chi connectivity index (χ2v) is 7.99. The van der Waals surface area contributed by atoms with Crippen molar-refractivity contribution < 1.29 is 14.3 Å². The van der Waals surface area contributed by atoms with Gasteiger partial charge in [0.15, 0.2) is 6.10 Å². The summed E-state index contributed by atoms with van der Waals surface area (Å²) in [6.07, 6.45) is 2.72. The van der Waals surface area contributed by atoms with E-state index in [0.29, 0.717) is 0 Å². The van der Waals surface area contributed by atoms with Gasteiger partial charge in [0.1, 0.15) is 0 Å². The number of aryl methyl sites for hydroxylation is 2. The molecule has 0 fully saturated rings. The van der Waals surface area contributed by atoms with Crippen LogP contribution in [0.2, 0.25) is 0 Å². The third-order valence-electron chi connectivity index (χ3n) is 3.60. The molecule has 1 amide bonds. The maximum atomic E-state index is 11.9. The summed E-state index contributed by atoms with van der Waals surface area (Å²) >= 11 is 1.46. The molecule has 0 unspecified atom stereocenters. The van der Waals surface area contributed by atoms with Crippen molar-refractivity contribution in [3.8, 4) is 0 Å². The molecule has 1 aliphatic rings. The van der Waals surface area contributed by atoms with Gasteiger partial charge in [0.05, 0.1) is 5.75 Å². The van der Waals surface area contributed by atoms with Crippen LogP contribution in [0.4, 0.5) is 0 Å². The first kappa shape index (κ1) is 17.9. The number of benzene rings is 1. The maximum Gasteiger partial charge on any atom is 0.317 e. The molecule has 5 heteroatoms. The quantitative estimate of drug-likeness (QED) is 0.663. The standard InChI is InChI=1S/C18H25NO3S/c1-12(17(21)19-18(2,3)4)22-16(20)11-23-15-9-8-13-6-5-7-14(13)10-15/h8-10,12H,5-7,11H2,1-4H3,(H,19,21)/t12-/m1/s1. The lowest BCUT2D eigenvalue weighted by Crippen LogP contribution is -2.46. The fourth-order valence-corrected chi connectivity index (χ4v) is 3.28. The van der Waals surface area contributed by atoms with Crippen molar-refractivity contribution in [2.45, 2.75) is 63.5 Å². The van der Waals surface area contributed by atoms with Crippen LogP contribution in [0.5, 0.6) is 0 Å². The van der Waals surface area contributed by atoms with E-state index in [1.165, 1.54) is 29.3 Å². The van der Waals surface area contributed by atoms with Gasteiger partial charge in [-0.15, -0.1) is 11.8 Å². The molecule has 0 radical (unpaired) electrons. The van der Waals surface area contributed by atoms with Gasteiger partial charge in [0.25, 0.3) is 5.91 Å². The Balaban J connectivity index is 1.80. The minimum absolute atomic E-state index is 0.214. The third-order valence-corrected chi connectivity index (χ3v) is 4.57. The Bertz CT molecular complexity index is 592. The van der Waals surface area contributed by atoms with E-state index in [4.69, 9.17) is 4.74 Å². The number of nitrogens with one attached hydrogen (secondary N) is 1. The van der Waals surface area contributed by atoms with Crippen LogP contribution in [0.15, 0.2) is 23.1 Å². The average Bonchev–Trinajstić information content (AvgIpc) is 2.90. The van der Waals surface area contributed by atoms with Crippen molar-refractivity contribution >= 4 is 23.6 Å². The molecule has 0 saturated carbocycles. The van der Waals surface area contributed by atoms with E-state index < -0.39 is 6.10 Å². The van der Waals surface area contributed by atoms with E-state index in [9.17, 15) is 9.59 Å². The number of ether oxygens (including phenoxy) is 1. The van der Waals surface area contributed by atoms with Crippen LogP contribution < -0.4 is 5.32 Å². The van der Waals surface area contributed by atoms with Gasteiger partial charge in [-0.3, -0.25) is 9.59 Å². The molecule has 1 aliphatic carbocycles. The molecule has 1 aromatic rings. The number of carbonyl (C=O) groups is 2. The first-order chi connectivity index (χ1) is 10.7. The van der Waals surface area contributed by atoms with Crippen LogP contribution >= 0.6 is 11.8 Å². The van der Waals surface area contributed by atoms with Crippen molar-refractivity contribution in [3.63, 3.8) is 0 Å². The highest BCUT2D eigenvalue weighted by Gasteiger charge is 2.22. The minimum Gasteiger partial charge on any atom is -0.452 e. The summed E-state index contributed by atoms with van der Waals surface area (Å²) in [6, 6.07) is 6.36. The Morgan fingerprint density at radius 2 is 1.96 bits per heavy atom. The number of esters is 1. The highest BCUT2D eigenvalue weighted by molar-refractivity contribution is 8.00. The molecule has 0 spiro atoms. The topological polar surface area (TPSA) is 55.4 Å². The largest absolute Gasteiger partial charge is 0.452 e. The lowest BCUT2D eigenvalue weighted by Gasteiger charge is -2.23. The van der Waals surface area contributed by atoms with Crippen molar-refractivity contribution in [1.82, 2.24) is 5.32 Å². The van der Waals surface area contributed by atoms with Crippen molar-refractivity contribution in [2.24, 2.45) is 0 Å². The smallest absolute Gasteiger partial charge is 0.317 e. The van der Waals surface area contributed by atoms with E-state index in [0.717, 1.165) is 17.7 Å². The molecule has 0 saturated heterocycles. The average molecular weight is 335 g/mol. The van der Waals surface area contributed by atoms with Crippen LogP contribution in [0.1, 0.15) is 45.2 Å². The lowest BCUT2D eigenvalue weighted by molar-refractivity contribution is -0.152. The fourth-order valence-electron chi connectivity index (χ4n) is 2.54. The molecular formula is C18H25NO3S. The Labute approximate surface area is 142 Å². The predicted octanol–water partition coefficient (Wildman–Crippen LogP) is 3.11. The minimum atomic E-state index is -0.776.